The van der Waals surface area contributed by atoms with Crippen LogP contribution in [0.15, 0.2) is 22.4 Å². The maximum Gasteiger partial charge on any atom is 0.225 e. The van der Waals surface area contributed by atoms with Gasteiger partial charge in [-0.2, -0.15) is 0 Å². The molecule has 0 aliphatic heterocycles. The fourth-order valence-electron chi connectivity index (χ4n) is 0.899. The Bertz CT molecular complexity index is 312. The first kappa shape index (κ1) is 9.00. The van der Waals surface area contributed by atoms with Crippen LogP contribution in [0.4, 0.5) is 0 Å². The molecule has 0 aromatic heterocycles. The molecule has 1 aliphatic rings. The Morgan fingerprint density at radius 2 is 2.00 bits per heavy atom. The molecule has 0 amide bonds. The van der Waals surface area contributed by atoms with Crippen molar-refractivity contribution >= 4 is 23.2 Å². The van der Waals surface area contributed by atoms with Crippen molar-refractivity contribution in [2.24, 2.45) is 0 Å². The molecule has 12 heavy (non-hydrogen) atoms. The van der Waals surface area contributed by atoms with Crippen LogP contribution in [0.1, 0.15) is 6.92 Å². The lowest BCUT2D eigenvalue weighted by Gasteiger charge is -2.11. The van der Waals surface area contributed by atoms with Gasteiger partial charge in [-0.1, -0.05) is 11.6 Å². The maximum atomic E-state index is 11.2. The van der Waals surface area contributed by atoms with Crippen molar-refractivity contribution in [3.8, 4) is 0 Å². The van der Waals surface area contributed by atoms with Crippen LogP contribution in [-0.4, -0.2) is 18.7 Å². The van der Waals surface area contributed by atoms with Crippen LogP contribution in [-0.2, 0) is 14.3 Å². The van der Waals surface area contributed by atoms with Gasteiger partial charge in [-0.3, -0.25) is 9.59 Å². The van der Waals surface area contributed by atoms with Gasteiger partial charge in [0.05, 0.1) is 7.11 Å². The molecule has 0 unspecified atom stereocenters. The van der Waals surface area contributed by atoms with E-state index in [9.17, 15) is 9.59 Å². The van der Waals surface area contributed by atoms with Gasteiger partial charge in [-0.05, 0) is 13.0 Å². The first-order valence-electron chi connectivity index (χ1n) is 3.29. The van der Waals surface area contributed by atoms with Crippen molar-refractivity contribution in [2.75, 3.05) is 7.11 Å². The summed E-state index contributed by atoms with van der Waals surface area (Å²) in [7, 11) is 1.31. The van der Waals surface area contributed by atoms with Crippen LogP contribution in [0.25, 0.3) is 0 Å². The first-order valence-corrected chi connectivity index (χ1v) is 3.66. The molecule has 64 valence electrons. The standard InChI is InChI=1S/C8H7ClO3/c1-4-3-5(10)6(9)8(12-2)7(4)11/h3H,1-2H3/i6+1. The molecule has 3 nitrogen and oxygen atoms in total. The van der Waals surface area contributed by atoms with Gasteiger partial charge < -0.3 is 4.74 Å². The average Bonchev–Trinajstić information content (AvgIpc) is 2.02. The smallest absolute Gasteiger partial charge is 0.225 e. The van der Waals surface area contributed by atoms with Gasteiger partial charge in [0.2, 0.25) is 11.6 Å². The molecule has 0 fully saturated rings. The van der Waals surface area contributed by atoms with E-state index >= 15 is 0 Å². The maximum absolute atomic E-state index is 11.2. The number of halogens is 1. The molecule has 1 rings (SSSR count). The van der Waals surface area contributed by atoms with E-state index in [4.69, 9.17) is 16.3 Å². The van der Waals surface area contributed by atoms with Crippen molar-refractivity contribution in [2.45, 2.75) is 6.92 Å². The number of ether oxygens (including phenoxy) is 1. The number of carbonyl (C=O) groups excluding carboxylic acids is 2. The molecule has 0 aromatic carbocycles. The van der Waals surface area contributed by atoms with E-state index in [1.165, 1.54) is 13.2 Å². The quantitative estimate of drug-likeness (QED) is 0.457. The Hall–Kier alpha value is -1.09. The number of methoxy groups -OCH3 is 1. The largest absolute Gasteiger partial charge is 0.491 e. The third-order valence-electron chi connectivity index (χ3n) is 1.53. The number of ketones is 2. The Kier molecular flexibility index (Phi) is 2.33. The molecular formula is C8H7ClO3. The molecule has 0 saturated heterocycles. The van der Waals surface area contributed by atoms with Crippen molar-refractivity contribution in [1.29, 1.82) is 0 Å². The minimum atomic E-state index is -0.384. The number of hydrogen-bond donors (Lipinski definition) is 0. The number of hydrogen-bond acceptors (Lipinski definition) is 3. The molecule has 1 aliphatic carbocycles. The van der Waals surface area contributed by atoms with Crippen molar-refractivity contribution in [1.82, 2.24) is 0 Å². The van der Waals surface area contributed by atoms with Gasteiger partial charge in [0, 0.05) is 5.57 Å². The molecule has 4 heteroatoms. The van der Waals surface area contributed by atoms with Crippen molar-refractivity contribution < 1.29 is 14.3 Å². The second kappa shape index (κ2) is 3.11. The second-order valence-corrected chi connectivity index (χ2v) is 2.75. The molecule has 0 radical (unpaired) electrons. The van der Waals surface area contributed by atoms with Crippen molar-refractivity contribution in [3.63, 3.8) is 0 Å². The van der Waals surface area contributed by atoms with Gasteiger partial charge in [-0.15, -0.1) is 0 Å². The van der Waals surface area contributed by atoms with Crippen molar-refractivity contribution in [3.05, 3.63) is 22.4 Å². The summed E-state index contributed by atoms with van der Waals surface area (Å²) < 4.78 is 4.69. The summed E-state index contributed by atoms with van der Waals surface area (Å²) >= 11 is 5.53. The average molecular weight is 188 g/mol. The predicted octanol–water partition coefficient (Wildman–Crippen LogP) is 1.18. The monoisotopic (exact) mass is 187 g/mol. The van der Waals surface area contributed by atoms with E-state index in [2.05, 4.69) is 0 Å². The molecule has 0 spiro atoms. The van der Waals surface area contributed by atoms with Gasteiger partial charge in [-0.25, -0.2) is 0 Å². The van der Waals surface area contributed by atoms with Gasteiger partial charge in [0.1, 0.15) is 5.03 Å². The third kappa shape index (κ3) is 1.28. The molecule has 0 bridgehead atoms. The zero-order valence-electron chi connectivity index (χ0n) is 6.68. The molecule has 0 aromatic rings. The van der Waals surface area contributed by atoms with E-state index < -0.39 is 0 Å². The van der Waals surface area contributed by atoms with Crippen LogP contribution in [0.5, 0.6) is 0 Å². The Labute approximate surface area is 74.6 Å². The molecular weight excluding hydrogens is 181 g/mol. The lowest BCUT2D eigenvalue weighted by Crippen LogP contribution is -2.16. The predicted molar refractivity (Wildman–Crippen MR) is 43.7 cm³/mol. The summed E-state index contributed by atoms with van der Waals surface area (Å²) in [5.74, 6) is -0.783. The fourth-order valence-corrected chi connectivity index (χ4v) is 1.12. The zero-order valence-corrected chi connectivity index (χ0v) is 7.44. The Morgan fingerprint density at radius 1 is 1.42 bits per heavy atom. The summed E-state index contributed by atoms with van der Waals surface area (Å²) in [4.78, 5) is 22.2. The van der Waals surface area contributed by atoms with E-state index in [0.717, 1.165) is 0 Å². The molecule has 0 atom stereocenters. The summed E-state index contributed by atoms with van der Waals surface area (Å²) in [6.45, 7) is 1.54. The summed E-state index contributed by atoms with van der Waals surface area (Å²) in [6.07, 6.45) is 1.20. The van der Waals surface area contributed by atoms with E-state index in [-0.39, 0.29) is 22.4 Å². The van der Waals surface area contributed by atoms with Crippen LogP contribution in [0, 0.1) is 0 Å². The molecule has 0 saturated carbocycles. The normalized spacial score (nSPS) is 18.1. The Morgan fingerprint density at radius 3 is 2.50 bits per heavy atom. The van der Waals surface area contributed by atoms with E-state index in [0.29, 0.717) is 5.57 Å². The third-order valence-corrected chi connectivity index (χ3v) is 1.89. The highest BCUT2D eigenvalue weighted by atomic mass is 35.5. The van der Waals surface area contributed by atoms with Crippen LogP contribution in [0.2, 0.25) is 0 Å². The lowest BCUT2D eigenvalue weighted by molar-refractivity contribution is -0.117. The number of carbonyl (C=O) groups is 2. The highest BCUT2D eigenvalue weighted by molar-refractivity contribution is 6.48. The van der Waals surface area contributed by atoms with Gasteiger partial charge in [0.15, 0.2) is 5.76 Å². The van der Waals surface area contributed by atoms with Crippen LogP contribution < -0.4 is 0 Å². The van der Waals surface area contributed by atoms with Crippen LogP contribution in [0.3, 0.4) is 0 Å². The zero-order chi connectivity index (χ0) is 9.30. The highest BCUT2D eigenvalue weighted by Gasteiger charge is 2.25. The van der Waals surface area contributed by atoms with E-state index in [1.54, 1.807) is 6.92 Å². The second-order valence-electron chi connectivity index (χ2n) is 2.37. The topological polar surface area (TPSA) is 43.4 Å². The minimum absolute atomic E-state index is 0.0679. The number of rotatable bonds is 1. The van der Waals surface area contributed by atoms with Gasteiger partial charge >= 0.3 is 0 Å². The summed E-state index contributed by atoms with van der Waals surface area (Å²) in [5.41, 5.74) is 0.348. The summed E-state index contributed by atoms with van der Waals surface area (Å²) in [5, 5.41) is -0.145. The molecule has 0 heterocycles. The number of allylic oxidation sites excluding steroid dienone is 3. The summed E-state index contributed by atoms with van der Waals surface area (Å²) in [6, 6.07) is 0. The fraction of sp³-hybridized carbons (Fsp3) is 0.250. The SMILES string of the molecule is COC1=[13C](Cl)C(=O)C=C(C)C1=O. The Balaban J connectivity index is 3.17. The van der Waals surface area contributed by atoms with Crippen LogP contribution >= 0.6 is 11.6 Å². The highest BCUT2D eigenvalue weighted by Crippen LogP contribution is 2.21. The molecule has 0 N–H and O–H groups in total. The minimum Gasteiger partial charge on any atom is -0.491 e. The van der Waals surface area contributed by atoms with E-state index in [1.807, 2.05) is 0 Å². The lowest BCUT2D eigenvalue weighted by atomic mass is 10.1. The van der Waals surface area contributed by atoms with Gasteiger partial charge in [0.25, 0.3) is 0 Å². The number of Topliss-reactive ketones (excluding diaryl/α,β-unsaturated/α-hetero) is 1. The first-order chi connectivity index (χ1) is 5.57.